The van der Waals surface area contributed by atoms with E-state index in [0.717, 1.165) is 11.5 Å². The van der Waals surface area contributed by atoms with Crippen molar-refractivity contribution < 1.29 is 23.1 Å². The molecule has 27 heavy (non-hydrogen) atoms. The molecule has 2 atom stereocenters. The highest BCUT2D eigenvalue weighted by Crippen LogP contribution is 2.42. The summed E-state index contributed by atoms with van der Waals surface area (Å²) in [4.78, 5) is 11.7. The van der Waals surface area contributed by atoms with Gasteiger partial charge in [0.2, 0.25) is 0 Å². The van der Waals surface area contributed by atoms with Crippen molar-refractivity contribution in [3.05, 3.63) is 83.4 Å². The second kappa shape index (κ2) is 7.12. The molecule has 136 valence electrons. The smallest absolute Gasteiger partial charge is 0.416 e. The van der Waals surface area contributed by atoms with Gasteiger partial charge in [-0.25, -0.2) is 0 Å². The summed E-state index contributed by atoms with van der Waals surface area (Å²) >= 11 is 0. The quantitative estimate of drug-likeness (QED) is 0.686. The van der Waals surface area contributed by atoms with Gasteiger partial charge < -0.3 is 5.11 Å². The molecule has 3 aromatic rings. The molecule has 1 unspecified atom stereocenters. The van der Waals surface area contributed by atoms with Crippen LogP contribution in [0.2, 0.25) is 0 Å². The molecular weight excluding hydrogens is 355 g/mol. The van der Waals surface area contributed by atoms with Gasteiger partial charge in [-0.05, 0) is 28.0 Å². The Bertz CT molecular complexity index is 1030. The zero-order valence-electron chi connectivity index (χ0n) is 13.9. The Hall–Kier alpha value is -3.33. The molecule has 0 bridgehead atoms. The molecule has 0 heterocycles. The Balaban J connectivity index is 2.36. The van der Waals surface area contributed by atoms with Gasteiger partial charge in [-0.15, -0.1) is 0 Å². The molecule has 1 N–H and O–H groups in total. The molecule has 0 amide bonds. The molecule has 0 saturated heterocycles. The van der Waals surface area contributed by atoms with Gasteiger partial charge in [0, 0.05) is 5.92 Å². The summed E-state index contributed by atoms with van der Waals surface area (Å²) in [7, 11) is 0. The third-order valence-electron chi connectivity index (χ3n) is 4.50. The molecule has 3 rings (SSSR count). The van der Waals surface area contributed by atoms with Gasteiger partial charge in [0.25, 0.3) is 0 Å². The number of carboxylic acid groups (broad SMARTS) is 1. The zero-order chi connectivity index (χ0) is 19.6. The molecule has 0 spiro atoms. The normalized spacial score (nSPS) is 13.7. The Labute approximate surface area is 153 Å². The highest BCUT2D eigenvalue weighted by Gasteiger charge is 2.40. The van der Waals surface area contributed by atoms with Gasteiger partial charge in [-0.1, -0.05) is 60.7 Å². The van der Waals surface area contributed by atoms with Crippen LogP contribution in [0.25, 0.3) is 10.8 Å². The number of nitriles is 1. The number of carboxylic acids is 1. The van der Waals surface area contributed by atoms with Crippen LogP contribution >= 0.6 is 0 Å². The number of aliphatic carboxylic acids is 1. The number of alkyl halides is 3. The van der Waals surface area contributed by atoms with E-state index in [1.165, 1.54) is 18.2 Å². The fourth-order valence-electron chi connectivity index (χ4n) is 3.35. The number of benzene rings is 3. The first kappa shape index (κ1) is 18.5. The lowest BCUT2D eigenvalue weighted by atomic mass is 9.77. The number of hydrogen-bond acceptors (Lipinski definition) is 2. The minimum absolute atomic E-state index is 0.227. The number of halogens is 3. The summed E-state index contributed by atoms with van der Waals surface area (Å²) in [6, 6.07) is 18.5. The summed E-state index contributed by atoms with van der Waals surface area (Å²) in [5.74, 6) is -4.40. The fraction of sp³-hybridized carbons (Fsp3) is 0.143. The van der Waals surface area contributed by atoms with Gasteiger partial charge in [-0.3, -0.25) is 4.79 Å². The third kappa shape index (κ3) is 3.49. The first-order chi connectivity index (χ1) is 12.8. The Morgan fingerprint density at radius 2 is 1.52 bits per heavy atom. The third-order valence-corrected chi connectivity index (χ3v) is 4.50. The average Bonchev–Trinajstić information content (AvgIpc) is 2.64. The maximum Gasteiger partial charge on any atom is 0.416 e. The maximum absolute atomic E-state index is 13.6. The van der Waals surface area contributed by atoms with Crippen molar-refractivity contribution in [1.82, 2.24) is 0 Å². The largest absolute Gasteiger partial charge is 0.480 e. The fourth-order valence-corrected chi connectivity index (χ4v) is 3.35. The molecule has 0 saturated carbocycles. The minimum atomic E-state index is -4.67. The molecule has 0 radical (unpaired) electrons. The molecule has 0 aliphatic carbocycles. The van der Waals surface area contributed by atoms with Crippen LogP contribution < -0.4 is 0 Å². The summed E-state index contributed by atoms with van der Waals surface area (Å²) in [6.45, 7) is 0. The SMILES string of the molecule is N#C[C@@H](C(=O)O)C(c1ccccc1C(F)(F)F)c1cccc2ccccc12. The van der Waals surface area contributed by atoms with E-state index in [1.807, 2.05) is 0 Å². The van der Waals surface area contributed by atoms with Crippen molar-refractivity contribution >= 4 is 16.7 Å². The summed E-state index contributed by atoms with van der Waals surface area (Å²) in [5.41, 5.74) is -0.793. The second-order valence-electron chi connectivity index (χ2n) is 6.08. The molecule has 3 aromatic carbocycles. The van der Waals surface area contributed by atoms with Crippen LogP contribution in [0.3, 0.4) is 0 Å². The van der Waals surface area contributed by atoms with Gasteiger partial charge in [0.1, 0.15) is 0 Å². The predicted octanol–water partition coefficient (Wildman–Crippen LogP) is 5.21. The Kier molecular flexibility index (Phi) is 4.87. The zero-order valence-corrected chi connectivity index (χ0v) is 13.9. The topological polar surface area (TPSA) is 61.1 Å². The number of nitrogens with zero attached hydrogens (tertiary/aromatic N) is 1. The van der Waals surface area contributed by atoms with E-state index in [-0.39, 0.29) is 5.56 Å². The summed E-state index contributed by atoms with van der Waals surface area (Å²) in [5, 5.41) is 20.3. The van der Waals surface area contributed by atoms with Crippen molar-refractivity contribution in [2.45, 2.75) is 12.1 Å². The Morgan fingerprint density at radius 1 is 0.926 bits per heavy atom. The van der Waals surface area contributed by atoms with Crippen molar-refractivity contribution in [3.63, 3.8) is 0 Å². The number of fused-ring (bicyclic) bond motifs is 1. The predicted molar refractivity (Wildman–Crippen MR) is 94.0 cm³/mol. The first-order valence-corrected chi connectivity index (χ1v) is 8.11. The van der Waals surface area contributed by atoms with Crippen LogP contribution in [0.4, 0.5) is 13.2 Å². The molecule has 6 heteroatoms. The van der Waals surface area contributed by atoms with Crippen molar-refractivity contribution in [2.75, 3.05) is 0 Å². The number of hydrogen-bond donors (Lipinski definition) is 1. The van der Waals surface area contributed by atoms with Crippen molar-refractivity contribution in [2.24, 2.45) is 5.92 Å². The molecule has 3 nitrogen and oxygen atoms in total. The van der Waals surface area contributed by atoms with Crippen LogP contribution in [0.1, 0.15) is 22.6 Å². The van der Waals surface area contributed by atoms with Gasteiger partial charge in [0.05, 0.1) is 11.6 Å². The van der Waals surface area contributed by atoms with Crippen molar-refractivity contribution in [3.8, 4) is 6.07 Å². The van der Waals surface area contributed by atoms with E-state index < -0.39 is 29.5 Å². The monoisotopic (exact) mass is 369 g/mol. The van der Waals surface area contributed by atoms with Crippen LogP contribution in [-0.4, -0.2) is 11.1 Å². The van der Waals surface area contributed by atoms with Crippen molar-refractivity contribution in [1.29, 1.82) is 5.26 Å². The highest BCUT2D eigenvalue weighted by atomic mass is 19.4. The maximum atomic E-state index is 13.6. The molecule has 0 aliphatic rings. The van der Waals surface area contributed by atoms with E-state index in [9.17, 15) is 28.3 Å². The van der Waals surface area contributed by atoms with E-state index in [4.69, 9.17) is 0 Å². The van der Waals surface area contributed by atoms with Crippen LogP contribution in [-0.2, 0) is 11.0 Å². The Morgan fingerprint density at radius 3 is 2.19 bits per heavy atom. The van der Waals surface area contributed by atoms with Crippen LogP contribution in [0.5, 0.6) is 0 Å². The first-order valence-electron chi connectivity index (χ1n) is 8.11. The molecule has 0 aromatic heterocycles. The van der Waals surface area contributed by atoms with E-state index in [1.54, 1.807) is 48.5 Å². The second-order valence-corrected chi connectivity index (χ2v) is 6.08. The minimum Gasteiger partial charge on any atom is -0.480 e. The lowest BCUT2D eigenvalue weighted by Gasteiger charge is -2.25. The number of rotatable bonds is 4. The van der Waals surface area contributed by atoms with Crippen LogP contribution in [0, 0.1) is 17.2 Å². The highest BCUT2D eigenvalue weighted by molar-refractivity contribution is 5.88. The molecule has 0 fully saturated rings. The van der Waals surface area contributed by atoms with Gasteiger partial charge >= 0.3 is 12.1 Å². The van der Waals surface area contributed by atoms with Crippen LogP contribution in [0.15, 0.2) is 66.7 Å². The van der Waals surface area contributed by atoms with E-state index in [2.05, 4.69) is 0 Å². The van der Waals surface area contributed by atoms with Gasteiger partial charge in [0.15, 0.2) is 5.92 Å². The average molecular weight is 369 g/mol. The lowest BCUT2D eigenvalue weighted by molar-refractivity contribution is -0.142. The van der Waals surface area contributed by atoms with E-state index in [0.29, 0.717) is 10.9 Å². The summed E-state index contributed by atoms with van der Waals surface area (Å²) < 4.78 is 40.7. The lowest BCUT2D eigenvalue weighted by Crippen LogP contribution is -2.24. The molecular formula is C21H14F3NO2. The molecule has 0 aliphatic heterocycles. The number of carbonyl (C=O) groups is 1. The standard InChI is InChI=1S/C21H14F3NO2/c22-21(23,24)18-11-4-3-9-16(18)19(17(12-25)20(26)27)15-10-5-7-13-6-1-2-8-14(13)15/h1-11,17,19H,(H,26,27)/t17-,19?/m1/s1. The van der Waals surface area contributed by atoms with Gasteiger partial charge in [-0.2, -0.15) is 18.4 Å². The summed E-state index contributed by atoms with van der Waals surface area (Å²) in [6.07, 6.45) is -4.67. The van der Waals surface area contributed by atoms with E-state index >= 15 is 0 Å².